The van der Waals surface area contributed by atoms with E-state index in [4.69, 9.17) is 4.74 Å². The second-order valence-corrected chi connectivity index (χ2v) is 8.79. The molecule has 0 bridgehead atoms. The van der Waals surface area contributed by atoms with E-state index in [2.05, 4.69) is 5.32 Å². The second-order valence-electron chi connectivity index (χ2n) is 6.86. The molecule has 0 atom stereocenters. The lowest BCUT2D eigenvalue weighted by Crippen LogP contribution is -2.35. The van der Waals surface area contributed by atoms with Crippen molar-refractivity contribution in [3.05, 3.63) is 59.7 Å². The number of sulfonamides is 1. The number of benzene rings is 2. The number of rotatable bonds is 7. The SMILES string of the molecule is Cc1ccccc1C(=O)NCCOc1ccc(S(=O)(=O)N2CCCCC2)cc1. The Hall–Kier alpha value is -2.38. The van der Waals surface area contributed by atoms with Gasteiger partial charge in [0, 0.05) is 18.7 Å². The summed E-state index contributed by atoms with van der Waals surface area (Å²) in [7, 11) is -3.43. The summed E-state index contributed by atoms with van der Waals surface area (Å²) in [5.41, 5.74) is 1.57. The predicted molar refractivity (Wildman–Crippen MR) is 108 cm³/mol. The van der Waals surface area contributed by atoms with E-state index < -0.39 is 10.0 Å². The minimum Gasteiger partial charge on any atom is -0.492 e. The molecule has 0 aliphatic carbocycles. The molecular weight excluding hydrogens is 376 g/mol. The first-order valence-corrected chi connectivity index (χ1v) is 11.0. The molecule has 28 heavy (non-hydrogen) atoms. The normalized spacial score (nSPS) is 15.2. The van der Waals surface area contributed by atoms with E-state index in [9.17, 15) is 13.2 Å². The highest BCUT2D eigenvalue weighted by Gasteiger charge is 2.25. The number of aryl methyl sites for hydroxylation is 1. The van der Waals surface area contributed by atoms with E-state index in [-0.39, 0.29) is 10.8 Å². The third-order valence-electron chi connectivity index (χ3n) is 4.82. The molecule has 1 heterocycles. The Labute approximate surface area is 166 Å². The molecular formula is C21H26N2O4S. The highest BCUT2D eigenvalue weighted by molar-refractivity contribution is 7.89. The van der Waals surface area contributed by atoms with Crippen LogP contribution in [-0.2, 0) is 10.0 Å². The average molecular weight is 403 g/mol. The molecule has 150 valence electrons. The monoisotopic (exact) mass is 402 g/mol. The number of carbonyl (C=O) groups excluding carboxylic acids is 1. The molecule has 2 aromatic rings. The Morgan fingerprint density at radius 3 is 2.39 bits per heavy atom. The van der Waals surface area contributed by atoms with E-state index in [1.165, 1.54) is 0 Å². The average Bonchev–Trinajstić information content (AvgIpc) is 2.72. The van der Waals surface area contributed by atoms with Crippen LogP contribution in [-0.4, -0.2) is 44.9 Å². The van der Waals surface area contributed by atoms with Crippen LogP contribution >= 0.6 is 0 Å². The number of nitrogens with one attached hydrogen (secondary N) is 1. The molecule has 0 unspecified atom stereocenters. The molecule has 6 nitrogen and oxygen atoms in total. The summed E-state index contributed by atoms with van der Waals surface area (Å²) in [6, 6.07) is 13.9. The molecule has 1 aliphatic heterocycles. The van der Waals surface area contributed by atoms with Gasteiger partial charge in [-0.05, 0) is 55.7 Å². The third kappa shape index (κ3) is 4.91. The molecule has 1 fully saturated rings. The minimum atomic E-state index is -3.43. The molecule has 0 radical (unpaired) electrons. The molecule has 3 rings (SSSR count). The smallest absolute Gasteiger partial charge is 0.251 e. The van der Waals surface area contributed by atoms with Gasteiger partial charge >= 0.3 is 0 Å². The van der Waals surface area contributed by atoms with E-state index in [1.807, 2.05) is 25.1 Å². The fourth-order valence-electron chi connectivity index (χ4n) is 3.22. The summed E-state index contributed by atoms with van der Waals surface area (Å²) in [4.78, 5) is 12.4. The summed E-state index contributed by atoms with van der Waals surface area (Å²) in [6.45, 7) is 3.73. The van der Waals surface area contributed by atoms with Gasteiger partial charge in [0.1, 0.15) is 12.4 Å². The highest BCUT2D eigenvalue weighted by atomic mass is 32.2. The van der Waals surface area contributed by atoms with E-state index in [1.54, 1.807) is 34.6 Å². The Morgan fingerprint density at radius 1 is 1.04 bits per heavy atom. The highest BCUT2D eigenvalue weighted by Crippen LogP contribution is 2.22. The molecule has 1 N–H and O–H groups in total. The number of ether oxygens (including phenoxy) is 1. The van der Waals surface area contributed by atoms with Gasteiger partial charge in [0.15, 0.2) is 0 Å². The van der Waals surface area contributed by atoms with Gasteiger partial charge in [0.05, 0.1) is 11.4 Å². The maximum absolute atomic E-state index is 12.6. The van der Waals surface area contributed by atoms with Crippen molar-refractivity contribution in [1.82, 2.24) is 9.62 Å². The van der Waals surface area contributed by atoms with Crippen LogP contribution in [0, 0.1) is 6.92 Å². The van der Waals surface area contributed by atoms with Crippen molar-refractivity contribution in [2.24, 2.45) is 0 Å². The first kappa shape index (κ1) is 20.4. The van der Waals surface area contributed by atoms with Crippen LogP contribution in [0.4, 0.5) is 0 Å². The fraction of sp³-hybridized carbons (Fsp3) is 0.381. The molecule has 0 aromatic heterocycles. The standard InChI is InChI=1S/C21H26N2O4S/c1-17-7-3-4-8-20(17)21(24)22-13-16-27-18-9-11-19(12-10-18)28(25,26)23-14-5-2-6-15-23/h3-4,7-12H,2,5-6,13-16H2,1H3,(H,22,24). The first-order valence-electron chi connectivity index (χ1n) is 9.55. The van der Waals surface area contributed by atoms with Crippen LogP contribution in [0.25, 0.3) is 0 Å². The van der Waals surface area contributed by atoms with Crippen molar-refractivity contribution in [1.29, 1.82) is 0 Å². The van der Waals surface area contributed by atoms with Gasteiger partial charge in [-0.25, -0.2) is 8.42 Å². The zero-order chi connectivity index (χ0) is 20.0. The van der Waals surface area contributed by atoms with Gasteiger partial charge in [-0.1, -0.05) is 24.6 Å². The number of hydrogen-bond acceptors (Lipinski definition) is 4. The Balaban J connectivity index is 1.49. The molecule has 0 saturated carbocycles. The van der Waals surface area contributed by atoms with Crippen LogP contribution < -0.4 is 10.1 Å². The quantitative estimate of drug-likeness (QED) is 0.723. The second kappa shape index (κ2) is 9.21. The maximum atomic E-state index is 12.6. The summed E-state index contributed by atoms with van der Waals surface area (Å²) in [5.74, 6) is 0.437. The zero-order valence-electron chi connectivity index (χ0n) is 16.1. The lowest BCUT2D eigenvalue weighted by molar-refractivity contribution is 0.0946. The van der Waals surface area contributed by atoms with Crippen LogP contribution in [0.15, 0.2) is 53.4 Å². The van der Waals surface area contributed by atoms with E-state index in [0.29, 0.717) is 37.6 Å². The van der Waals surface area contributed by atoms with Gasteiger partial charge in [-0.2, -0.15) is 4.31 Å². The Kier molecular flexibility index (Phi) is 6.70. The number of amides is 1. The molecule has 1 saturated heterocycles. The van der Waals surface area contributed by atoms with Gasteiger partial charge in [-0.3, -0.25) is 4.79 Å². The van der Waals surface area contributed by atoms with Crippen molar-refractivity contribution in [3.8, 4) is 5.75 Å². The Bertz CT molecular complexity index is 904. The number of hydrogen-bond donors (Lipinski definition) is 1. The van der Waals surface area contributed by atoms with E-state index in [0.717, 1.165) is 24.8 Å². The zero-order valence-corrected chi connectivity index (χ0v) is 16.9. The van der Waals surface area contributed by atoms with Crippen LogP contribution in [0.5, 0.6) is 5.75 Å². The fourth-order valence-corrected chi connectivity index (χ4v) is 4.74. The number of nitrogens with zero attached hydrogens (tertiary/aromatic N) is 1. The molecule has 7 heteroatoms. The lowest BCUT2D eigenvalue weighted by atomic mass is 10.1. The predicted octanol–water partition coefficient (Wildman–Crippen LogP) is 2.98. The Morgan fingerprint density at radius 2 is 1.71 bits per heavy atom. The number of carbonyl (C=O) groups is 1. The van der Waals surface area contributed by atoms with E-state index >= 15 is 0 Å². The maximum Gasteiger partial charge on any atom is 0.251 e. The largest absolute Gasteiger partial charge is 0.492 e. The third-order valence-corrected chi connectivity index (χ3v) is 6.74. The first-order chi connectivity index (χ1) is 13.5. The van der Waals surface area contributed by atoms with Gasteiger partial charge in [0.25, 0.3) is 5.91 Å². The van der Waals surface area contributed by atoms with Gasteiger partial charge in [0.2, 0.25) is 10.0 Å². The number of piperidine rings is 1. The van der Waals surface area contributed by atoms with Crippen molar-refractivity contribution in [3.63, 3.8) is 0 Å². The van der Waals surface area contributed by atoms with Crippen molar-refractivity contribution < 1.29 is 17.9 Å². The van der Waals surface area contributed by atoms with Gasteiger partial charge in [-0.15, -0.1) is 0 Å². The van der Waals surface area contributed by atoms with Crippen molar-refractivity contribution in [2.75, 3.05) is 26.2 Å². The minimum absolute atomic E-state index is 0.135. The summed E-state index contributed by atoms with van der Waals surface area (Å²) in [6.07, 6.45) is 2.91. The summed E-state index contributed by atoms with van der Waals surface area (Å²) < 4.78 is 32.4. The molecule has 0 spiro atoms. The summed E-state index contributed by atoms with van der Waals surface area (Å²) >= 11 is 0. The lowest BCUT2D eigenvalue weighted by Gasteiger charge is -2.25. The van der Waals surface area contributed by atoms with Gasteiger partial charge < -0.3 is 10.1 Å². The van der Waals surface area contributed by atoms with Crippen molar-refractivity contribution >= 4 is 15.9 Å². The molecule has 1 amide bonds. The molecule has 1 aliphatic rings. The van der Waals surface area contributed by atoms with Crippen LogP contribution in [0.1, 0.15) is 35.2 Å². The topological polar surface area (TPSA) is 75.7 Å². The molecule has 2 aromatic carbocycles. The van der Waals surface area contributed by atoms with Crippen LogP contribution in [0.2, 0.25) is 0 Å². The summed E-state index contributed by atoms with van der Waals surface area (Å²) in [5, 5.41) is 2.82. The van der Waals surface area contributed by atoms with Crippen LogP contribution in [0.3, 0.4) is 0 Å². The van der Waals surface area contributed by atoms with Crippen molar-refractivity contribution in [2.45, 2.75) is 31.1 Å².